The highest BCUT2D eigenvalue weighted by Gasteiger charge is 2.21. The van der Waals surface area contributed by atoms with Gasteiger partial charge >= 0.3 is 6.01 Å². The van der Waals surface area contributed by atoms with E-state index in [4.69, 9.17) is 16.3 Å². The van der Waals surface area contributed by atoms with E-state index in [0.717, 1.165) is 19.5 Å². The number of hydrogen-bond donors (Lipinski definition) is 0. The van der Waals surface area contributed by atoms with Gasteiger partial charge in [0.25, 0.3) is 0 Å². The fraction of sp³-hybridized carbons (Fsp3) is 0.786. The number of aromatic nitrogens is 3. The summed E-state index contributed by atoms with van der Waals surface area (Å²) in [4.78, 5) is 17.2. The molecule has 2 fully saturated rings. The van der Waals surface area contributed by atoms with Crippen LogP contribution >= 0.6 is 11.6 Å². The van der Waals surface area contributed by atoms with Gasteiger partial charge in [0, 0.05) is 19.1 Å². The van der Waals surface area contributed by atoms with Gasteiger partial charge in [0.15, 0.2) is 0 Å². The molecule has 3 rings (SSSR count). The maximum atomic E-state index is 5.98. The minimum Gasteiger partial charge on any atom is -0.463 e. The van der Waals surface area contributed by atoms with Crippen LogP contribution in [0.1, 0.15) is 32.1 Å². The Morgan fingerprint density at radius 2 is 1.95 bits per heavy atom. The van der Waals surface area contributed by atoms with E-state index in [0.29, 0.717) is 24.6 Å². The average molecular weight is 312 g/mol. The van der Waals surface area contributed by atoms with Crippen molar-refractivity contribution in [3.8, 4) is 6.01 Å². The van der Waals surface area contributed by atoms with Crippen molar-refractivity contribution in [3.63, 3.8) is 0 Å². The van der Waals surface area contributed by atoms with E-state index in [2.05, 4.69) is 31.8 Å². The van der Waals surface area contributed by atoms with Crippen LogP contribution in [0.3, 0.4) is 0 Å². The minimum absolute atomic E-state index is 0.208. The van der Waals surface area contributed by atoms with Crippen molar-refractivity contribution in [2.45, 2.75) is 38.1 Å². The molecule has 0 saturated carbocycles. The molecule has 0 amide bonds. The number of nitrogens with zero attached hydrogens (tertiary/aromatic N) is 5. The first kappa shape index (κ1) is 14.8. The van der Waals surface area contributed by atoms with Crippen molar-refractivity contribution >= 4 is 17.5 Å². The first-order valence-corrected chi connectivity index (χ1v) is 8.10. The highest BCUT2D eigenvalue weighted by molar-refractivity contribution is 6.28. The molecule has 1 unspecified atom stereocenters. The first-order chi connectivity index (χ1) is 10.2. The maximum absolute atomic E-state index is 5.98. The molecule has 6 nitrogen and oxygen atoms in total. The number of hydrogen-bond acceptors (Lipinski definition) is 6. The normalized spacial score (nSPS) is 23.0. The molecule has 2 saturated heterocycles. The molecule has 21 heavy (non-hydrogen) atoms. The molecule has 1 aromatic rings. The van der Waals surface area contributed by atoms with E-state index in [1.54, 1.807) is 0 Å². The summed E-state index contributed by atoms with van der Waals surface area (Å²) in [5.41, 5.74) is 0. The minimum atomic E-state index is 0.208. The fourth-order valence-corrected chi connectivity index (χ4v) is 3.22. The number of halogens is 1. The van der Waals surface area contributed by atoms with E-state index < -0.39 is 0 Å². The third kappa shape index (κ3) is 3.74. The van der Waals surface area contributed by atoms with Gasteiger partial charge in [-0.15, -0.1) is 0 Å². The third-order valence-electron chi connectivity index (χ3n) is 4.32. The molecule has 7 heteroatoms. The molecule has 0 N–H and O–H groups in total. The summed E-state index contributed by atoms with van der Waals surface area (Å²) in [7, 11) is 2.17. The fourth-order valence-electron chi connectivity index (χ4n) is 3.08. The zero-order chi connectivity index (χ0) is 14.7. The Hall–Kier alpha value is -1.14. The van der Waals surface area contributed by atoms with E-state index in [1.165, 1.54) is 32.2 Å². The summed E-state index contributed by atoms with van der Waals surface area (Å²) in [5, 5.41) is 0.208. The third-order valence-corrected chi connectivity index (χ3v) is 4.49. The molecule has 3 heterocycles. The molecule has 2 aliphatic heterocycles. The van der Waals surface area contributed by atoms with Gasteiger partial charge in [-0.3, -0.25) is 0 Å². The predicted molar refractivity (Wildman–Crippen MR) is 82.0 cm³/mol. The SMILES string of the molecule is CN1CCCC1CCOc1nc(Cl)nc(N2CCCC2)n1. The monoisotopic (exact) mass is 311 g/mol. The van der Waals surface area contributed by atoms with Gasteiger partial charge in [-0.25, -0.2) is 0 Å². The Balaban J connectivity index is 1.57. The summed E-state index contributed by atoms with van der Waals surface area (Å²) in [6.07, 6.45) is 5.87. The van der Waals surface area contributed by atoms with Crippen LogP contribution < -0.4 is 9.64 Å². The van der Waals surface area contributed by atoms with E-state index in [-0.39, 0.29) is 5.28 Å². The molecule has 0 aromatic carbocycles. The standard InChI is InChI=1S/C14H22ClN5O/c1-19-7-4-5-11(19)6-10-21-14-17-12(15)16-13(18-14)20-8-2-3-9-20/h11H,2-10H2,1H3. The topological polar surface area (TPSA) is 54.4 Å². The van der Waals surface area contributed by atoms with Crippen LogP contribution in [0.2, 0.25) is 5.28 Å². The second-order valence-corrected chi connectivity index (χ2v) is 6.13. The van der Waals surface area contributed by atoms with Crippen molar-refractivity contribution < 1.29 is 4.74 Å². The number of rotatable bonds is 5. The van der Waals surface area contributed by atoms with Gasteiger partial charge in [-0.1, -0.05) is 0 Å². The van der Waals surface area contributed by atoms with Crippen LogP contribution in [0.15, 0.2) is 0 Å². The molecular formula is C14H22ClN5O. The van der Waals surface area contributed by atoms with Gasteiger partial charge < -0.3 is 14.5 Å². The Labute approximate surface area is 130 Å². The number of ether oxygens (including phenoxy) is 1. The lowest BCUT2D eigenvalue weighted by atomic mass is 10.2. The predicted octanol–water partition coefficient (Wildman–Crippen LogP) is 1.99. The van der Waals surface area contributed by atoms with Gasteiger partial charge in [-0.05, 0) is 57.3 Å². The van der Waals surface area contributed by atoms with Crippen molar-refractivity contribution in [2.24, 2.45) is 0 Å². The smallest absolute Gasteiger partial charge is 0.322 e. The molecule has 0 bridgehead atoms. The highest BCUT2D eigenvalue weighted by Crippen LogP contribution is 2.21. The van der Waals surface area contributed by atoms with Crippen LogP contribution in [-0.4, -0.2) is 59.2 Å². The van der Waals surface area contributed by atoms with Crippen LogP contribution in [0.25, 0.3) is 0 Å². The maximum Gasteiger partial charge on any atom is 0.322 e. The Kier molecular flexibility index (Phi) is 4.75. The zero-order valence-electron chi connectivity index (χ0n) is 12.5. The largest absolute Gasteiger partial charge is 0.463 e. The van der Waals surface area contributed by atoms with Crippen molar-refractivity contribution in [1.82, 2.24) is 19.9 Å². The van der Waals surface area contributed by atoms with Gasteiger partial charge in [0.2, 0.25) is 11.2 Å². The molecule has 0 radical (unpaired) electrons. The van der Waals surface area contributed by atoms with Crippen LogP contribution in [0, 0.1) is 0 Å². The van der Waals surface area contributed by atoms with Crippen LogP contribution in [-0.2, 0) is 0 Å². The second kappa shape index (κ2) is 6.75. The average Bonchev–Trinajstić information content (AvgIpc) is 3.10. The zero-order valence-corrected chi connectivity index (χ0v) is 13.2. The molecular weight excluding hydrogens is 290 g/mol. The van der Waals surface area contributed by atoms with Crippen molar-refractivity contribution in [3.05, 3.63) is 5.28 Å². The van der Waals surface area contributed by atoms with E-state index in [9.17, 15) is 0 Å². The molecule has 2 aliphatic rings. The second-order valence-electron chi connectivity index (χ2n) is 5.79. The molecule has 0 spiro atoms. The highest BCUT2D eigenvalue weighted by atomic mass is 35.5. The van der Waals surface area contributed by atoms with Gasteiger partial charge in [-0.2, -0.15) is 15.0 Å². The van der Waals surface area contributed by atoms with Crippen molar-refractivity contribution in [1.29, 1.82) is 0 Å². The summed E-state index contributed by atoms with van der Waals surface area (Å²) < 4.78 is 5.70. The van der Waals surface area contributed by atoms with Gasteiger partial charge in [0.1, 0.15) is 0 Å². The Bertz CT molecular complexity index is 480. The summed E-state index contributed by atoms with van der Waals surface area (Å²) in [5.74, 6) is 0.639. The van der Waals surface area contributed by atoms with Crippen LogP contribution in [0.5, 0.6) is 6.01 Å². The lowest BCUT2D eigenvalue weighted by Gasteiger charge is -2.19. The first-order valence-electron chi connectivity index (χ1n) is 7.72. The van der Waals surface area contributed by atoms with E-state index in [1.807, 2.05) is 0 Å². The molecule has 116 valence electrons. The lowest BCUT2D eigenvalue weighted by Crippen LogP contribution is -2.26. The number of likely N-dealkylation sites (tertiary alicyclic amines) is 1. The van der Waals surface area contributed by atoms with E-state index >= 15 is 0 Å². The quantitative estimate of drug-likeness (QED) is 0.829. The van der Waals surface area contributed by atoms with Crippen LogP contribution in [0.4, 0.5) is 5.95 Å². The Morgan fingerprint density at radius 3 is 2.67 bits per heavy atom. The molecule has 1 atom stereocenters. The molecule has 0 aliphatic carbocycles. The summed E-state index contributed by atoms with van der Waals surface area (Å²) >= 11 is 5.98. The summed E-state index contributed by atoms with van der Waals surface area (Å²) in [6.45, 7) is 3.76. The lowest BCUT2D eigenvalue weighted by molar-refractivity contribution is 0.223. The number of anilines is 1. The Morgan fingerprint density at radius 1 is 1.14 bits per heavy atom. The summed E-state index contributed by atoms with van der Waals surface area (Å²) in [6, 6.07) is 0.956. The molecule has 1 aromatic heterocycles. The van der Waals surface area contributed by atoms with Crippen molar-refractivity contribution in [2.75, 3.05) is 38.2 Å². The van der Waals surface area contributed by atoms with Gasteiger partial charge in [0.05, 0.1) is 6.61 Å².